The van der Waals surface area contributed by atoms with Crippen LogP contribution in [0.4, 0.5) is 0 Å². The molecule has 0 aromatic carbocycles. The summed E-state index contributed by atoms with van der Waals surface area (Å²) in [7, 11) is 0. The van der Waals surface area contributed by atoms with Gasteiger partial charge in [0.05, 0.1) is 12.5 Å². The van der Waals surface area contributed by atoms with E-state index in [9.17, 15) is 63.3 Å². The van der Waals surface area contributed by atoms with E-state index in [1.807, 2.05) is 34.6 Å². The first-order valence-electron chi connectivity index (χ1n) is 22.4. The molecule has 0 aromatic rings. The Morgan fingerprint density at radius 3 is 1.63 bits per heavy atom. The van der Waals surface area contributed by atoms with Crippen LogP contribution in [-0.4, -0.2) is 146 Å². The van der Waals surface area contributed by atoms with E-state index in [2.05, 4.69) is 31.9 Å². The molecule has 0 saturated carbocycles. The van der Waals surface area contributed by atoms with E-state index in [4.69, 9.17) is 5.73 Å². The Labute approximate surface area is 386 Å². The molecule has 1 aliphatic heterocycles. The summed E-state index contributed by atoms with van der Waals surface area (Å²) in [4.78, 5) is 132. The lowest BCUT2D eigenvalue weighted by Gasteiger charge is -2.32. The minimum atomic E-state index is -1.83. The maximum atomic E-state index is 14.2. The van der Waals surface area contributed by atoms with Gasteiger partial charge in [0, 0.05) is 13.0 Å². The Morgan fingerprint density at radius 2 is 1.14 bits per heavy atom. The highest BCUT2D eigenvalue weighted by Gasteiger charge is 2.41. The van der Waals surface area contributed by atoms with Crippen molar-refractivity contribution >= 4 is 71.0 Å². The van der Waals surface area contributed by atoms with Gasteiger partial charge in [0.25, 0.3) is 0 Å². The van der Waals surface area contributed by atoms with E-state index in [1.54, 1.807) is 27.0 Å². The Kier molecular flexibility index (Phi) is 25.7. The number of amides is 7. The SMILES string of the molecule is CC[C@H](C)[C@H](NC(=O)[C@@H](N)CC(C)C)C(=O)N[C@@H](CC(C)C)C(=O)N1CCC[C@H]1C(=O)N[C@@H](CC(=O)O)C(=O)N[C@@H](CCC(=O)O)C(=O)N[C@@H](CCSC)C(=O)N[C@@H](CC(C)C)C(=O)O. The lowest BCUT2D eigenvalue weighted by Crippen LogP contribution is -2.60. The molecule has 0 aliphatic carbocycles. The molecule has 1 rings (SSSR count). The maximum absolute atomic E-state index is 14.2. The van der Waals surface area contributed by atoms with E-state index >= 15 is 0 Å². The van der Waals surface area contributed by atoms with Crippen molar-refractivity contribution in [2.45, 2.75) is 168 Å². The minimum Gasteiger partial charge on any atom is -0.481 e. The van der Waals surface area contributed by atoms with Crippen LogP contribution < -0.4 is 37.6 Å². The maximum Gasteiger partial charge on any atom is 0.326 e. The number of likely N-dealkylation sites (tertiary alicyclic amines) is 1. The number of carbonyl (C=O) groups is 10. The van der Waals surface area contributed by atoms with Gasteiger partial charge in [0.15, 0.2) is 0 Å². The van der Waals surface area contributed by atoms with E-state index < -0.39 is 127 Å². The first kappa shape index (κ1) is 58.0. The molecule has 22 heteroatoms. The summed E-state index contributed by atoms with van der Waals surface area (Å²) >= 11 is 1.33. The highest BCUT2D eigenvalue weighted by atomic mass is 32.2. The molecule has 1 aliphatic rings. The van der Waals surface area contributed by atoms with Gasteiger partial charge in [-0.05, 0) is 80.6 Å². The number of aliphatic carboxylic acids is 3. The van der Waals surface area contributed by atoms with Crippen LogP contribution in [0.1, 0.15) is 120 Å². The molecular weight excluding hydrogens is 869 g/mol. The third kappa shape index (κ3) is 20.8. The van der Waals surface area contributed by atoms with Crippen molar-refractivity contribution in [2.24, 2.45) is 29.4 Å². The second-order valence-corrected chi connectivity index (χ2v) is 19.0. The molecule has 11 N–H and O–H groups in total. The van der Waals surface area contributed by atoms with Crippen molar-refractivity contribution in [1.82, 2.24) is 36.8 Å². The van der Waals surface area contributed by atoms with Crippen LogP contribution in [0.25, 0.3) is 0 Å². The summed E-state index contributed by atoms with van der Waals surface area (Å²) in [6.45, 7) is 14.7. The van der Waals surface area contributed by atoms with Gasteiger partial charge < -0.3 is 57.9 Å². The average molecular weight is 943 g/mol. The molecule has 1 fully saturated rings. The first-order valence-corrected chi connectivity index (χ1v) is 23.8. The lowest BCUT2D eigenvalue weighted by atomic mass is 9.95. The molecule has 21 nitrogen and oxygen atoms in total. The number of nitrogens with two attached hydrogens (primary N) is 1. The third-order valence-corrected chi connectivity index (χ3v) is 11.5. The van der Waals surface area contributed by atoms with Crippen molar-refractivity contribution in [1.29, 1.82) is 0 Å². The molecule has 1 heterocycles. The molecular formula is C43H74N8O13S. The predicted molar refractivity (Wildman–Crippen MR) is 242 cm³/mol. The van der Waals surface area contributed by atoms with Crippen molar-refractivity contribution in [3.8, 4) is 0 Å². The molecule has 9 atom stereocenters. The quantitative estimate of drug-likeness (QED) is 0.0471. The molecule has 0 bridgehead atoms. The fraction of sp³-hybridized carbons (Fsp3) is 0.767. The predicted octanol–water partition coefficient (Wildman–Crippen LogP) is 0.575. The minimum absolute atomic E-state index is 0.0323. The summed E-state index contributed by atoms with van der Waals surface area (Å²) in [5, 5.41) is 44.0. The van der Waals surface area contributed by atoms with Gasteiger partial charge in [-0.15, -0.1) is 0 Å². The zero-order chi connectivity index (χ0) is 49.7. The lowest BCUT2D eigenvalue weighted by molar-refractivity contribution is -0.144. The molecule has 0 radical (unpaired) electrons. The second kappa shape index (κ2) is 28.8. The van der Waals surface area contributed by atoms with Gasteiger partial charge in [-0.3, -0.25) is 43.2 Å². The molecule has 370 valence electrons. The van der Waals surface area contributed by atoms with Crippen LogP contribution in [0.3, 0.4) is 0 Å². The van der Waals surface area contributed by atoms with Gasteiger partial charge in [-0.1, -0.05) is 61.8 Å². The topological polar surface area (TPSA) is 333 Å². The van der Waals surface area contributed by atoms with Crippen LogP contribution >= 0.6 is 11.8 Å². The zero-order valence-corrected chi connectivity index (χ0v) is 40.1. The normalized spacial score (nSPS) is 17.4. The van der Waals surface area contributed by atoms with Crippen molar-refractivity contribution in [3.05, 3.63) is 0 Å². The summed E-state index contributed by atoms with van der Waals surface area (Å²) < 4.78 is 0. The van der Waals surface area contributed by atoms with Gasteiger partial charge in [-0.25, -0.2) is 4.79 Å². The van der Waals surface area contributed by atoms with Crippen LogP contribution in [0, 0.1) is 23.7 Å². The number of rotatable bonds is 30. The number of nitrogens with one attached hydrogen (secondary N) is 6. The Morgan fingerprint density at radius 1 is 0.631 bits per heavy atom. The largest absolute Gasteiger partial charge is 0.481 e. The van der Waals surface area contributed by atoms with Crippen LogP contribution in [0.2, 0.25) is 0 Å². The fourth-order valence-corrected chi connectivity index (χ4v) is 7.71. The van der Waals surface area contributed by atoms with E-state index in [0.29, 0.717) is 25.0 Å². The number of carboxylic acid groups (broad SMARTS) is 3. The number of nitrogens with zero attached hydrogens (tertiary/aromatic N) is 1. The van der Waals surface area contributed by atoms with Gasteiger partial charge in [0.1, 0.15) is 42.3 Å². The van der Waals surface area contributed by atoms with Crippen LogP contribution in [-0.2, 0) is 47.9 Å². The van der Waals surface area contributed by atoms with Crippen LogP contribution in [0.5, 0.6) is 0 Å². The molecule has 1 saturated heterocycles. The van der Waals surface area contributed by atoms with Crippen molar-refractivity contribution in [2.75, 3.05) is 18.6 Å². The highest BCUT2D eigenvalue weighted by Crippen LogP contribution is 2.22. The summed E-state index contributed by atoms with van der Waals surface area (Å²) in [5.41, 5.74) is 6.10. The number of hydrogen-bond acceptors (Lipinski definition) is 12. The van der Waals surface area contributed by atoms with Crippen LogP contribution in [0.15, 0.2) is 0 Å². The van der Waals surface area contributed by atoms with Gasteiger partial charge in [0.2, 0.25) is 41.4 Å². The highest BCUT2D eigenvalue weighted by molar-refractivity contribution is 7.98. The van der Waals surface area contributed by atoms with E-state index in [0.717, 1.165) is 0 Å². The van der Waals surface area contributed by atoms with Gasteiger partial charge in [-0.2, -0.15) is 11.8 Å². The number of carbonyl (C=O) groups excluding carboxylic acids is 7. The molecule has 65 heavy (non-hydrogen) atoms. The van der Waals surface area contributed by atoms with Crippen molar-refractivity contribution < 1.29 is 63.3 Å². The van der Waals surface area contributed by atoms with Gasteiger partial charge >= 0.3 is 17.9 Å². The first-order chi connectivity index (χ1) is 30.3. The summed E-state index contributed by atoms with van der Waals surface area (Å²) in [5.74, 6) is -9.91. The standard InChI is InChI=1S/C43H74N8O13S/c1-10-25(8)35(50-36(56)26(44)18-22(2)3)41(61)48-30(19-23(4)5)42(62)51-16-11-12-32(51)40(60)47-29(21-34(54)55)39(59)45-27(13-14-33(52)53)37(57)46-28(15-17-65-9)38(58)49-31(43(63)64)20-24(6)7/h22-32,35H,10-21,44H2,1-9H3,(H,45,59)(H,46,57)(H,47,60)(H,48,61)(H,49,58)(H,50,56)(H,52,53)(H,54,55)(H,63,64)/t25-,26-,27-,28-,29-,30-,31-,32-,35-/m0/s1. The summed E-state index contributed by atoms with van der Waals surface area (Å²) in [6, 6.07) is -10.3. The smallest absolute Gasteiger partial charge is 0.326 e. The number of carboxylic acids is 3. The second-order valence-electron chi connectivity index (χ2n) is 18.0. The van der Waals surface area contributed by atoms with E-state index in [1.165, 1.54) is 16.7 Å². The zero-order valence-electron chi connectivity index (χ0n) is 39.3. The van der Waals surface area contributed by atoms with Crippen molar-refractivity contribution in [3.63, 3.8) is 0 Å². The molecule has 0 aromatic heterocycles. The number of hydrogen-bond donors (Lipinski definition) is 10. The fourth-order valence-electron chi connectivity index (χ4n) is 7.24. The number of thioether (sulfide) groups is 1. The Bertz CT molecular complexity index is 1660. The molecule has 7 amide bonds. The Balaban J connectivity index is 3.38. The third-order valence-electron chi connectivity index (χ3n) is 10.9. The molecule has 0 spiro atoms. The average Bonchev–Trinajstić information content (AvgIpc) is 3.70. The molecule has 0 unspecified atom stereocenters. The van der Waals surface area contributed by atoms with E-state index in [-0.39, 0.29) is 55.9 Å². The Hall–Kier alpha value is -4.99. The monoisotopic (exact) mass is 943 g/mol. The summed E-state index contributed by atoms with van der Waals surface area (Å²) in [6.07, 6.45) is 1.24.